The average molecular weight is 427 g/mol. The van der Waals surface area contributed by atoms with Crippen molar-refractivity contribution in [2.75, 3.05) is 20.6 Å². The molecule has 0 radical (unpaired) electrons. The molecule has 5 rings (SSSR count). The maximum Gasteiger partial charge on any atom is 0.165 e. The molecule has 1 saturated heterocycles. The van der Waals surface area contributed by atoms with Crippen molar-refractivity contribution in [3.05, 3.63) is 35.4 Å². The molecule has 1 aromatic rings. The molecule has 1 unspecified atom stereocenters. The van der Waals surface area contributed by atoms with Gasteiger partial charge in [-0.05, 0) is 11.6 Å². The molecule has 0 aromatic heterocycles. The summed E-state index contributed by atoms with van der Waals surface area (Å²) in [6, 6.07) is 4.31. The third-order valence-electron chi connectivity index (χ3n) is 6.70. The van der Waals surface area contributed by atoms with Gasteiger partial charge >= 0.3 is 0 Å². The average Bonchev–Trinajstić information content (AvgIpc) is 2.84. The Morgan fingerprint density at radius 1 is 1.26 bits per heavy atom. The Hall–Kier alpha value is -0.790. The van der Waals surface area contributed by atoms with Crippen molar-refractivity contribution >= 4 is 0 Å². The third-order valence-corrected chi connectivity index (χ3v) is 6.70. The lowest BCUT2D eigenvalue weighted by Gasteiger charge is -2.58. The number of phenols is 1. The normalized spacial score (nSPS) is 40.8. The highest BCUT2D eigenvalue weighted by atomic mass is 127. The summed E-state index contributed by atoms with van der Waals surface area (Å²) in [7, 11) is 4.63. The number of hydrogen-bond donors (Lipinski definition) is 2. The highest BCUT2D eigenvalue weighted by Crippen LogP contribution is 2.63. The molecular weight excluding hydrogens is 405 g/mol. The summed E-state index contributed by atoms with van der Waals surface area (Å²) >= 11 is 0. The van der Waals surface area contributed by atoms with Crippen LogP contribution in [0, 0.1) is 5.92 Å². The molecule has 5 atom stereocenters. The first-order valence-electron chi connectivity index (χ1n) is 8.16. The molecule has 1 spiro atoms. The Labute approximate surface area is 153 Å². The topological polar surface area (TPSA) is 49.7 Å². The molecule has 2 aliphatic carbocycles. The molecule has 0 saturated carbocycles. The van der Waals surface area contributed by atoms with Gasteiger partial charge in [-0.3, -0.25) is 0 Å². The number of aliphatic hydroxyl groups is 1. The van der Waals surface area contributed by atoms with E-state index < -0.39 is 6.10 Å². The zero-order valence-corrected chi connectivity index (χ0v) is 15.5. The van der Waals surface area contributed by atoms with Gasteiger partial charge in [0, 0.05) is 24.3 Å². The van der Waals surface area contributed by atoms with Crippen LogP contribution >= 0.6 is 0 Å². The number of ether oxygens (including phenoxy) is 1. The van der Waals surface area contributed by atoms with E-state index in [9.17, 15) is 10.2 Å². The number of rotatable bonds is 0. The largest absolute Gasteiger partial charge is 1.00 e. The summed E-state index contributed by atoms with van der Waals surface area (Å²) in [4.78, 5) is 0. The molecule has 2 aliphatic heterocycles. The minimum Gasteiger partial charge on any atom is -1.00 e. The number of halogens is 1. The van der Waals surface area contributed by atoms with Crippen molar-refractivity contribution in [1.82, 2.24) is 0 Å². The maximum atomic E-state index is 10.5. The Balaban J connectivity index is 0.00000135. The summed E-state index contributed by atoms with van der Waals surface area (Å²) < 4.78 is 7.14. The van der Waals surface area contributed by atoms with Gasteiger partial charge in [0.05, 0.1) is 26.1 Å². The van der Waals surface area contributed by atoms with E-state index in [1.807, 2.05) is 6.08 Å². The maximum absolute atomic E-state index is 10.5. The monoisotopic (exact) mass is 427 g/mol. The van der Waals surface area contributed by atoms with Gasteiger partial charge in [0.1, 0.15) is 18.2 Å². The lowest BCUT2D eigenvalue weighted by atomic mass is 9.53. The minimum absolute atomic E-state index is 0. The summed E-state index contributed by atoms with van der Waals surface area (Å²) in [5, 5.41) is 20.8. The molecule has 2 bridgehead atoms. The van der Waals surface area contributed by atoms with Crippen LogP contribution in [0.5, 0.6) is 11.5 Å². The fraction of sp³-hybridized carbons (Fsp3) is 0.556. The number of quaternary nitrogens is 1. The van der Waals surface area contributed by atoms with Crippen LogP contribution in [-0.2, 0) is 11.8 Å². The zero-order valence-electron chi connectivity index (χ0n) is 13.4. The van der Waals surface area contributed by atoms with E-state index in [1.54, 1.807) is 6.07 Å². The van der Waals surface area contributed by atoms with E-state index in [4.69, 9.17) is 4.74 Å². The third kappa shape index (κ3) is 1.68. The number of hydrogen-bond acceptors (Lipinski definition) is 3. The number of likely N-dealkylation sites (tertiary alicyclic amines) is 1. The lowest BCUT2D eigenvalue weighted by molar-refractivity contribution is -0.926. The second kappa shape index (κ2) is 4.64. The summed E-state index contributed by atoms with van der Waals surface area (Å²) in [5.74, 6) is 1.22. The molecule has 124 valence electrons. The van der Waals surface area contributed by atoms with Crippen LogP contribution in [0.4, 0.5) is 0 Å². The van der Waals surface area contributed by atoms with Gasteiger partial charge < -0.3 is 43.4 Å². The number of aliphatic hydroxyl groups excluding tert-OH is 1. The quantitative estimate of drug-likeness (QED) is 0.297. The lowest BCUT2D eigenvalue weighted by Crippen LogP contribution is -3.00. The highest BCUT2D eigenvalue weighted by molar-refractivity contribution is 5.61. The Morgan fingerprint density at radius 2 is 2.04 bits per heavy atom. The Bertz CT molecular complexity index is 716. The van der Waals surface area contributed by atoms with Gasteiger partial charge in [-0.1, -0.05) is 18.2 Å². The summed E-state index contributed by atoms with van der Waals surface area (Å²) in [6.07, 6.45) is 5.28. The van der Waals surface area contributed by atoms with E-state index in [0.29, 0.717) is 17.7 Å². The first kappa shape index (κ1) is 15.7. The molecule has 1 fully saturated rings. The smallest absolute Gasteiger partial charge is 0.165 e. The fourth-order valence-electron chi connectivity index (χ4n) is 5.60. The van der Waals surface area contributed by atoms with Gasteiger partial charge in [-0.2, -0.15) is 0 Å². The van der Waals surface area contributed by atoms with Crippen molar-refractivity contribution < 1.29 is 43.4 Å². The van der Waals surface area contributed by atoms with Crippen LogP contribution in [0.3, 0.4) is 0 Å². The zero-order chi connectivity index (χ0) is 15.3. The molecule has 4 aliphatic rings. The van der Waals surface area contributed by atoms with Crippen molar-refractivity contribution in [2.24, 2.45) is 5.92 Å². The molecular formula is C18H22INO3. The molecule has 2 N–H and O–H groups in total. The standard InChI is InChI=1S/C18H21NO3.HI/c1-19(2)8-7-18-11-4-6-14(21)17(18)22-16-13(20)5-3-10(15(16)18)9-12(11)19;/h3-6,11-12,14,17,21H,7-9H2,1-2H3;1H/t11-,12?,14-,17-,18-;/m0./s1. The van der Waals surface area contributed by atoms with Crippen LogP contribution in [0.1, 0.15) is 17.5 Å². The van der Waals surface area contributed by atoms with Crippen molar-refractivity contribution in [2.45, 2.75) is 36.5 Å². The van der Waals surface area contributed by atoms with Crippen LogP contribution in [-0.4, -0.2) is 53.6 Å². The van der Waals surface area contributed by atoms with Gasteiger partial charge in [-0.15, -0.1) is 0 Å². The van der Waals surface area contributed by atoms with E-state index in [2.05, 4.69) is 26.2 Å². The highest BCUT2D eigenvalue weighted by Gasteiger charge is 2.67. The summed E-state index contributed by atoms with van der Waals surface area (Å²) in [5.41, 5.74) is 2.32. The van der Waals surface area contributed by atoms with Crippen molar-refractivity contribution in [1.29, 1.82) is 0 Å². The van der Waals surface area contributed by atoms with Crippen molar-refractivity contribution in [3.63, 3.8) is 0 Å². The van der Waals surface area contributed by atoms with Gasteiger partial charge in [0.25, 0.3) is 0 Å². The fourth-order valence-corrected chi connectivity index (χ4v) is 5.60. The van der Waals surface area contributed by atoms with Crippen LogP contribution in [0.2, 0.25) is 0 Å². The Kier molecular flexibility index (Phi) is 3.17. The molecule has 5 heteroatoms. The van der Waals surface area contributed by atoms with Gasteiger partial charge in [0.2, 0.25) is 0 Å². The molecule has 2 heterocycles. The van der Waals surface area contributed by atoms with E-state index in [1.165, 1.54) is 11.1 Å². The number of piperidine rings is 1. The second-order valence-corrected chi connectivity index (χ2v) is 7.95. The predicted octanol–water partition coefficient (Wildman–Crippen LogP) is -1.65. The first-order chi connectivity index (χ1) is 10.4. The van der Waals surface area contributed by atoms with Gasteiger partial charge in [0.15, 0.2) is 11.5 Å². The number of phenolic OH excluding ortho intramolecular Hbond substituents is 1. The SMILES string of the molecule is C[N+]1(C)CC[C@]23c4c5ccc(O)c4O[C@H]2[C@@H](O)C=C[C@H]3C1C5.[I-]. The number of benzene rings is 1. The molecule has 0 amide bonds. The van der Waals surface area contributed by atoms with Crippen LogP contribution in [0.25, 0.3) is 0 Å². The molecule has 4 nitrogen and oxygen atoms in total. The van der Waals surface area contributed by atoms with E-state index >= 15 is 0 Å². The van der Waals surface area contributed by atoms with Crippen LogP contribution < -0.4 is 28.7 Å². The number of nitrogens with zero attached hydrogens (tertiary/aromatic N) is 1. The van der Waals surface area contributed by atoms with Crippen LogP contribution in [0.15, 0.2) is 24.3 Å². The predicted molar refractivity (Wildman–Crippen MR) is 81.9 cm³/mol. The molecule has 23 heavy (non-hydrogen) atoms. The minimum atomic E-state index is -0.594. The van der Waals surface area contributed by atoms with Gasteiger partial charge in [-0.25, -0.2) is 0 Å². The second-order valence-electron chi connectivity index (χ2n) is 7.95. The number of likely N-dealkylation sites (N-methyl/N-ethyl adjacent to an activating group) is 1. The first-order valence-corrected chi connectivity index (χ1v) is 8.16. The Morgan fingerprint density at radius 3 is 2.83 bits per heavy atom. The summed E-state index contributed by atoms with van der Waals surface area (Å²) in [6.45, 7) is 1.08. The van der Waals surface area contributed by atoms with E-state index in [0.717, 1.165) is 23.9 Å². The van der Waals surface area contributed by atoms with Crippen molar-refractivity contribution in [3.8, 4) is 11.5 Å². The number of aromatic hydroxyl groups is 1. The molecule has 1 aromatic carbocycles. The van der Waals surface area contributed by atoms with E-state index in [-0.39, 0.29) is 41.2 Å².